The smallest absolute Gasteiger partial charge is 0.354 e. The largest absolute Gasteiger partial charge is 0.433 e. The van der Waals surface area contributed by atoms with Gasteiger partial charge in [-0.15, -0.1) is 0 Å². The highest BCUT2D eigenvalue weighted by Crippen LogP contribution is 2.29. The summed E-state index contributed by atoms with van der Waals surface area (Å²) >= 11 is 0. The predicted molar refractivity (Wildman–Crippen MR) is 63.1 cm³/mol. The van der Waals surface area contributed by atoms with Gasteiger partial charge in [-0.1, -0.05) is 0 Å². The van der Waals surface area contributed by atoms with Crippen LogP contribution in [0.1, 0.15) is 18.2 Å². The van der Waals surface area contributed by atoms with Crippen molar-refractivity contribution in [2.75, 3.05) is 11.9 Å². The highest BCUT2D eigenvalue weighted by atomic mass is 19.4. The summed E-state index contributed by atoms with van der Waals surface area (Å²) in [5.74, 6) is 0.00635. The summed E-state index contributed by atoms with van der Waals surface area (Å²) in [6.07, 6.45) is -1.38. The van der Waals surface area contributed by atoms with Crippen molar-refractivity contribution in [3.8, 4) is 5.82 Å². The van der Waals surface area contributed by atoms with E-state index in [0.717, 1.165) is 11.6 Å². The summed E-state index contributed by atoms with van der Waals surface area (Å²) in [6.45, 7) is 3.97. The zero-order valence-electron chi connectivity index (χ0n) is 10.4. The van der Waals surface area contributed by atoms with E-state index in [-0.39, 0.29) is 11.8 Å². The number of alkyl halides is 3. The monoisotopic (exact) mass is 271 g/mol. The third-order valence-electron chi connectivity index (χ3n) is 2.28. The van der Waals surface area contributed by atoms with Crippen LogP contribution in [0.4, 0.5) is 19.1 Å². The molecule has 102 valence electrons. The lowest BCUT2D eigenvalue weighted by Gasteiger charge is -2.10. The van der Waals surface area contributed by atoms with Crippen LogP contribution in [0.15, 0.2) is 18.5 Å². The van der Waals surface area contributed by atoms with Gasteiger partial charge < -0.3 is 5.32 Å². The van der Waals surface area contributed by atoms with Gasteiger partial charge in [0.1, 0.15) is 0 Å². The van der Waals surface area contributed by atoms with Crippen molar-refractivity contribution in [3.63, 3.8) is 0 Å². The number of rotatable bonds is 3. The minimum atomic E-state index is -4.52. The lowest BCUT2D eigenvalue weighted by Crippen LogP contribution is -2.14. The third kappa shape index (κ3) is 3.01. The van der Waals surface area contributed by atoms with Crippen LogP contribution in [-0.4, -0.2) is 26.3 Å². The molecule has 0 aliphatic heterocycles. The zero-order chi connectivity index (χ0) is 14.0. The first kappa shape index (κ1) is 13.3. The minimum absolute atomic E-state index is 0.0690. The maximum absolute atomic E-state index is 12.8. The number of hydrogen-bond donors (Lipinski definition) is 1. The summed E-state index contributed by atoms with van der Waals surface area (Å²) in [4.78, 5) is 7.44. The summed E-state index contributed by atoms with van der Waals surface area (Å²) in [6, 6.07) is 0.868. The van der Waals surface area contributed by atoms with Gasteiger partial charge >= 0.3 is 6.18 Å². The number of halogens is 3. The molecule has 0 amide bonds. The first-order valence-corrected chi connectivity index (χ1v) is 5.62. The first-order chi connectivity index (χ1) is 8.90. The lowest BCUT2D eigenvalue weighted by atomic mass is 10.3. The van der Waals surface area contributed by atoms with Gasteiger partial charge in [-0.3, -0.25) is 0 Å². The van der Waals surface area contributed by atoms with Crippen LogP contribution in [0.5, 0.6) is 0 Å². The van der Waals surface area contributed by atoms with E-state index in [1.165, 1.54) is 4.68 Å². The second kappa shape index (κ2) is 4.87. The predicted octanol–water partition coefficient (Wildman–Crippen LogP) is 2.42. The number of nitrogens with zero attached hydrogens (tertiary/aromatic N) is 4. The number of aryl methyl sites for hydroxylation is 1. The number of hydrogen-bond acceptors (Lipinski definition) is 4. The molecule has 0 bridgehead atoms. The molecular formula is C11H12F3N5. The minimum Gasteiger partial charge on any atom is -0.354 e. The van der Waals surface area contributed by atoms with Crippen molar-refractivity contribution in [1.29, 1.82) is 0 Å². The third-order valence-corrected chi connectivity index (χ3v) is 2.28. The van der Waals surface area contributed by atoms with E-state index < -0.39 is 11.9 Å². The fourth-order valence-corrected chi connectivity index (χ4v) is 1.47. The summed E-state index contributed by atoms with van der Waals surface area (Å²) in [5, 5.41) is 6.62. The normalized spacial score (nSPS) is 11.6. The van der Waals surface area contributed by atoms with Gasteiger partial charge in [-0.05, 0) is 19.4 Å². The number of nitrogens with one attached hydrogen (secondary N) is 1. The van der Waals surface area contributed by atoms with Crippen molar-refractivity contribution in [1.82, 2.24) is 19.7 Å². The van der Waals surface area contributed by atoms with Gasteiger partial charge in [0, 0.05) is 18.8 Å². The molecule has 0 spiro atoms. The molecule has 0 unspecified atom stereocenters. The van der Waals surface area contributed by atoms with Crippen LogP contribution in [0, 0.1) is 6.92 Å². The van der Waals surface area contributed by atoms with Crippen molar-refractivity contribution in [3.05, 3.63) is 29.7 Å². The maximum Gasteiger partial charge on any atom is 0.433 e. The summed E-state index contributed by atoms with van der Waals surface area (Å²) in [7, 11) is 0. The summed E-state index contributed by atoms with van der Waals surface area (Å²) in [5.41, 5.74) is -0.168. The van der Waals surface area contributed by atoms with E-state index in [0.29, 0.717) is 6.54 Å². The Bertz CT molecular complexity index is 576. The fraction of sp³-hybridized carbons (Fsp3) is 0.364. The Morgan fingerprint density at radius 3 is 2.58 bits per heavy atom. The Morgan fingerprint density at radius 1 is 1.32 bits per heavy atom. The van der Waals surface area contributed by atoms with Gasteiger partial charge in [0.15, 0.2) is 11.5 Å². The topological polar surface area (TPSA) is 55.6 Å². The molecule has 0 saturated carbocycles. The Hall–Kier alpha value is -2.12. The standard InChI is InChI=1S/C11H12F3N5/c1-3-15-10-17-8(11(12,13)14)4-9(18-10)19-6-7(2)5-16-19/h4-6H,3H2,1-2H3,(H,15,17,18). The molecule has 2 heterocycles. The van der Waals surface area contributed by atoms with Crippen LogP contribution < -0.4 is 5.32 Å². The van der Waals surface area contributed by atoms with Crippen LogP contribution >= 0.6 is 0 Å². The first-order valence-electron chi connectivity index (χ1n) is 5.62. The quantitative estimate of drug-likeness (QED) is 0.931. The molecule has 1 N–H and O–H groups in total. The van der Waals surface area contributed by atoms with Crippen LogP contribution in [0.3, 0.4) is 0 Å². The Labute approximate surface area is 107 Å². The fourth-order valence-electron chi connectivity index (χ4n) is 1.47. The van der Waals surface area contributed by atoms with E-state index in [1.807, 2.05) is 0 Å². The van der Waals surface area contributed by atoms with E-state index >= 15 is 0 Å². The molecule has 2 rings (SSSR count). The molecule has 0 saturated heterocycles. The van der Waals surface area contributed by atoms with Gasteiger partial charge in [-0.2, -0.15) is 23.3 Å². The molecule has 0 aliphatic rings. The van der Waals surface area contributed by atoms with Crippen LogP contribution in [-0.2, 0) is 6.18 Å². The highest BCUT2D eigenvalue weighted by molar-refractivity contribution is 5.35. The van der Waals surface area contributed by atoms with Crippen LogP contribution in [0.2, 0.25) is 0 Å². The number of aromatic nitrogens is 4. The molecule has 0 aromatic carbocycles. The average molecular weight is 271 g/mol. The Kier molecular flexibility index (Phi) is 3.41. The Balaban J connectivity index is 2.51. The molecule has 0 atom stereocenters. The molecule has 0 fully saturated rings. The molecule has 8 heteroatoms. The molecular weight excluding hydrogens is 259 g/mol. The molecule has 0 radical (unpaired) electrons. The van der Waals surface area contributed by atoms with Gasteiger partial charge in [0.05, 0.1) is 6.20 Å². The van der Waals surface area contributed by atoms with Crippen molar-refractivity contribution >= 4 is 5.95 Å². The second-order valence-electron chi connectivity index (χ2n) is 3.93. The molecule has 5 nitrogen and oxygen atoms in total. The van der Waals surface area contributed by atoms with Crippen LogP contribution in [0.25, 0.3) is 5.82 Å². The second-order valence-corrected chi connectivity index (χ2v) is 3.93. The van der Waals surface area contributed by atoms with E-state index in [1.54, 1.807) is 26.2 Å². The van der Waals surface area contributed by atoms with Crippen molar-refractivity contribution in [2.24, 2.45) is 0 Å². The maximum atomic E-state index is 12.8. The molecule has 2 aromatic heterocycles. The molecule has 19 heavy (non-hydrogen) atoms. The average Bonchev–Trinajstić information content (AvgIpc) is 2.75. The molecule has 2 aromatic rings. The van der Waals surface area contributed by atoms with Gasteiger partial charge in [0.25, 0.3) is 0 Å². The van der Waals surface area contributed by atoms with E-state index in [9.17, 15) is 13.2 Å². The SMILES string of the molecule is CCNc1nc(-n2cc(C)cn2)cc(C(F)(F)F)n1. The highest BCUT2D eigenvalue weighted by Gasteiger charge is 2.34. The summed E-state index contributed by atoms with van der Waals surface area (Å²) < 4.78 is 39.6. The van der Waals surface area contributed by atoms with Crippen molar-refractivity contribution in [2.45, 2.75) is 20.0 Å². The lowest BCUT2D eigenvalue weighted by molar-refractivity contribution is -0.141. The molecule has 0 aliphatic carbocycles. The Morgan fingerprint density at radius 2 is 2.05 bits per heavy atom. The van der Waals surface area contributed by atoms with Crippen molar-refractivity contribution < 1.29 is 13.2 Å². The van der Waals surface area contributed by atoms with Gasteiger partial charge in [-0.25, -0.2) is 9.67 Å². The zero-order valence-corrected chi connectivity index (χ0v) is 10.4. The van der Waals surface area contributed by atoms with E-state index in [4.69, 9.17) is 0 Å². The number of anilines is 1. The van der Waals surface area contributed by atoms with E-state index in [2.05, 4.69) is 20.4 Å². The van der Waals surface area contributed by atoms with Gasteiger partial charge in [0.2, 0.25) is 5.95 Å².